The molecule has 0 bridgehead atoms. The van der Waals surface area contributed by atoms with Crippen molar-refractivity contribution in [3.63, 3.8) is 0 Å². The first-order valence-corrected chi connectivity index (χ1v) is 6.69. The van der Waals surface area contributed by atoms with Crippen LogP contribution in [0.3, 0.4) is 0 Å². The molecule has 0 spiro atoms. The van der Waals surface area contributed by atoms with E-state index in [0.29, 0.717) is 13.2 Å². The second-order valence-electron chi connectivity index (χ2n) is 4.24. The summed E-state index contributed by atoms with van der Waals surface area (Å²) >= 11 is 0. The lowest BCUT2D eigenvalue weighted by atomic mass is 10.2. The van der Waals surface area contributed by atoms with E-state index < -0.39 is 12.0 Å². The Morgan fingerprint density at radius 3 is 2.17 bits per heavy atom. The summed E-state index contributed by atoms with van der Waals surface area (Å²) in [5, 5.41) is 0. The van der Waals surface area contributed by atoms with Gasteiger partial charge < -0.3 is 15.2 Å². The Balaban J connectivity index is 3.64. The van der Waals surface area contributed by atoms with E-state index in [-0.39, 0.29) is 18.8 Å². The van der Waals surface area contributed by atoms with Gasteiger partial charge in [-0.2, -0.15) is 0 Å². The Kier molecular flexibility index (Phi) is 10.3. The first-order chi connectivity index (χ1) is 8.61. The second kappa shape index (κ2) is 11.0. The molecule has 18 heavy (non-hydrogen) atoms. The van der Waals surface area contributed by atoms with Crippen molar-refractivity contribution < 1.29 is 19.1 Å². The Morgan fingerprint density at radius 2 is 1.61 bits per heavy atom. The lowest BCUT2D eigenvalue weighted by molar-refractivity contribution is -0.146. The molecule has 0 rings (SSSR count). The highest BCUT2D eigenvalue weighted by Crippen LogP contribution is 2.01. The molecule has 0 aliphatic heterocycles. The van der Waals surface area contributed by atoms with Gasteiger partial charge in [-0.25, -0.2) is 0 Å². The predicted molar refractivity (Wildman–Crippen MR) is 68.9 cm³/mol. The minimum Gasteiger partial charge on any atom is -0.466 e. The molecule has 0 saturated carbocycles. The predicted octanol–water partition coefficient (Wildman–Crippen LogP) is 1.78. The molecule has 0 aromatic heterocycles. The number of esters is 2. The third-order valence-corrected chi connectivity index (χ3v) is 2.47. The lowest BCUT2D eigenvalue weighted by Gasteiger charge is -2.11. The first-order valence-electron chi connectivity index (χ1n) is 6.69. The van der Waals surface area contributed by atoms with E-state index in [4.69, 9.17) is 15.2 Å². The van der Waals surface area contributed by atoms with Gasteiger partial charge in [0.25, 0.3) is 0 Å². The minimum atomic E-state index is -0.736. The van der Waals surface area contributed by atoms with Crippen LogP contribution in [0.2, 0.25) is 0 Å². The zero-order valence-electron chi connectivity index (χ0n) is 11.4. The van der Waals surface area contributed by atoms with Crippen molar-refractivity contribution >= 4 is 11.9 Å². The van der Waals surface area contributed by atoms with Crippen LogP contribution in [0.25, 0.3) is 0 Å². The van der Waals surface area contributed by atoms with Crippen molar-refractivity contribution in [1.29, 1.82) is 0 Å². The van der Waals surface area contributed by atoms with Crippen LogP contribution < -0.4 is 5.73 Å². The molecule has 106 valence electrons. The third-order valence-electron chi connectivity index (χ3n) is 2.47. The number of nitrogens with two attached hydrogens (primary N) is 1. The van der Waals surface area contributed by atoms with Gasteiger partial charge in [0.05, 0.1) is 13.2 Å². The van der Waals surface area contributed by atoms with Crippen LogP contribution in [0.5, 0.6) is 0 Å². The summed E-state index contributed by atoms with van der Waals surface area (Å²) in [7, 11) is 0. The van der Waals surface area contributed by atoms with Crippen LogP contribution in [0.1, 0.15) is 52.4 Å². The van der Waals surface area contributed by atoms with Crippen LogP contribution in [-0.2, 0) is 19.1 Å². The molecule has 0 aromatic carbocycles. The van der Waals surface area contributed by atoms with Crippen molar-refractivity contribution in [2.45, 2.75) is 58.4 Å². The Bertz CT molecular complexity index is 243. The number of carbonyl (C=O) groups excluding carboxylic acids is 2. The van der Waals surface area contributed by atoms with Crippen molar-refractivity contribution in [2.24, 2.45) is 5.73 Å². The van der Waals surface area contributed by atoms with Crippen molar-refractivity contribution in [1.82, 2.24) is 0 Å². The Labute approximate surface area is 109 Å². The smallest absolute Gasteiger partial charge is 0.322 e. The molecule has 0 fully saturated rings. The van der Waals surface area contributed by atoms with E-state index in [0.717, 1.165) is 25.7 Å². The highest BCUT2D eigenvalue weighted by atomic mass is 16.5. The van der Waals surface area contributed by atoms with Gasteiger partial charge in [-0.05, 0) is 19.3 Å². The molecular weight excluding hydrogens is 234 g/mol. The number of ether oxygens (including phenoxy) is 2. The molecule has 0 aliphatic rings. The second-order valence-corrected chi connectivity index (χ2v) is 4.24. The maximum atomic E-state index is 11.4. The third kappa shape index (κ3) is 8.98. The van der Waals surface area contributed by atoms with Gasteiger partial charge >= 0.3 is 11.9 Å². The van der Waals surface area contributed by atoms with E-state index in [1.54, 1.807) is 0 Å². The number of carbonyl (C=O) groups is 2. The van der Waals surface area contributed by atoms with E-state index in [9.17, 15) is 9.59 Å². The molecule has 1 atom stereocenters. The molecule has 0 aliphatic carbocycles. The summed E-state index contributed by atoms with van der Waals surface area (Å²) in [5.74, 6) is -0.745. The van der Waals surface area contributed by atoms with Crippen LogP contribution in [-0.4, -0.2) is 31.2 Å². The zero-order chi connectivity index (χ0) is 13.8. The summed E-state index contributed by atoms with van der Waals surface area (Å²) in [6, 6.07) is -0.736. The Morgan fingerprint density at radius 1 is 1.06 bits per heavy atom. The standard InChI is InChI=1S/C13H25NO4/c1-3-5-9-17-12(15)8-7-11(14)13(16)18-10-6-4-2/h11H,3-10,14H2,1-2H3/t11-/m0/s1. The van der Waals surface area contributed by atoms with Crippen LogP contribution in [0.4, 0.5) is 0 Å². The molecule has 0 aromatic rings. The Hall–Kier alpha value is -1.10. The molecule has 5 heteroatoms. The van der Waals surface area contributed by atoms with Gasteiger partial charge in [0, 0.05) is 6.42 Å². The van der Waals surface area contributed by atoms with Gasteiger partial charge in [0.2, 0.25) is 0 Å². The number of hydrogen-bond donors (Lipinski definition) is 1. The van der Waals surface area contributed by atoms with Crippen molar-refractivity contribution in [3.05, 3.63) is 0 Å². The average Bonchev–Trinajstić information content (AvgIpc) is 2.36. The van der Waals surface area contributed by atoms with E-state index in [1.807, 2.05) is 13.8 Å². The maximum absolute atomic E-state index is 11.4. The van der Waals surface area contributed by atoms with Crippen LogP contribution >= 0.6 is 0 Å². The number of rotatable bonds is 10. The van der Waals surface area contributed by atoms with Crippen molar-refractivity contribution in [2.75, 3.05) is 13.2 Å². The van der Waals surface area contributed by atoms with Gasteiger partial charge in [0.15, 0.2) is 0 Å². The summed E-state index contributed by atoms with van der Waals surface area (Å²) < 4.78 is 9.92. The average molecular weight is 259 g/mol. The SMILES string of the molecule is CCCCOC(=O)CC[C@H](N)C(=O)OCCCC. The normalized spacial score (nSPS) is 11.9. The highest BCUT2D eigenvalue weighted by molar-refractivity contribution is 5.77. The lowest BCUT2D eigenvalue weighted by Crippen LogP contribution is -2.33. The number of hydrogen-bond acceptors (Lipinski definition) is 5. The fourth-order valence-electron chi connectivity index (χ4n) is 1.22. The first kappa shape index (κ1) is 16.9. The summed E-state index contributed by atoms with van der Waals surface area (Å²) in [5.41, 5.74) is 5.62. The van der Waals surface area contributed by atoms with Gasteiger partial charge in [-0.15, -0.1) is 0 Å². The summed E-state index contributed by atoms with van der Waals surface area (Å²) in [4.78, 5) is 22.7. The molecule has 0 heterocycles. The monoisotopic (exact) mass is 259 g/mol. The minimum absolute atomic E-state index is 0.160. The van der Waals surface area contributed by atoms with E-state index in [2.05, 4.69) is 0 Å². The quantitative estimate of drug-likeness (QED) is 0.478. The molecule has 0 amide bonds. The highest BCUT2D eigenvalue weighted by Gasteiger charge is 2.16. The van der Waals surface area contributed by atoms with Crippen LogP contribution in [0.15, 0.2) is 0 Å². The van der Waals surface area contributed by atoms with E-state index in [1.165, 1.54) is 0 Å². The van der Waals surface area contributed by atoms with Crippen molar-refractivity contribution in [3.8, 4) is 0 Å². The largest absolute Gasteiger partial charge is 0.466 e. The fraction of sp³-hybridized carbons (Fsp3) is 0.846. The number of unbranched alkanes of at least 4 members (excludes halogenated alkanes) is 2. The molecule has 0 radical (unpaired) electrons. The molecule has 5 nitrogen and oxygen atoms in total. The summed E-state index contributed by atoms with van der Waals surface area (Å²) in [6.45, 7) is 4.87. The van der Waals surface area contributed by atoms with Crippen LogP contribution in [0, 0.1) is 0 Å². The van der Waals surface area contributed by atoms with Gasteiger partial charge in [0.1, 0.15) is 6.04 Å². The molecule has 0 saturated heterocycles. The van der Waals surface area contributed by atoms with Gasteiger partial charge in [-0.1, -0.05) is 26.7 Å². The summed E-state index contributed by atoms with van der Waals surface area (Å²) in [6.07, 6.45) is 4.07. The maximum Gasteiger partial charge on any atom is 0.322 e. The van der Waals surface area contributed by atoms with E-state index >= 15 is 0 Å². The molecular formula is C13H25NO4. The van der Waals surface area contributed by atoms with Gasteiger partial charge in [-0.3, -0.25) is 9.59 Å². The molecule has 0 unspecified atom stereocenters. The molecule has 2 N–H and O–H groups in total. The topological polar surface area (TPSA) is 78.6 Å². The zero-order valence-corrected chi connectivity index (χ0v) is 11.4. The fourth-order valence-corrected chi connectivity index (χ4v) is 1.22.